The van der Waals surface area contributed by atoms with Gasteiger partial charge in [0, 0.05) is 28.9 Å². The van der Waals surface area contributed by atoms with Gasteiger partial charge in [-0.05, 0) is 23.3 Å². The molecule has 1 heterocycles. The van der Waals surface area contributed by atoms with Gasteiger partial charge in [-0.1, -0.05) is 15.9 Å². The molecule has 1 aromatic carbocycles. The summed E-state index contributed by atoms with van der Waals surface area (Å²) in [6, 6.07) is 3.30. The largest absolute Gasteiger partial charge is 0.351 e. The first-order chi connectivity index (χ1) is 8.41. The van der Waals surface area contributed by atoms with Gasteiger partial charge in [-0.15, -0.1) is 11.6 Å². The molecule has 1 spiro atoms. The number of carbonyl (C=O) groups excluding carboxylic acids is 1. The van der Waals surface area contributed by atoms with E-state index in [-0.39, 0.29) is 24.8 Å². The Kier molecular flexibility index (Phi) is 2.52. The van der Waals surface area contributed by atoms with E-state index in [0.717, 1.165) is 5.56 Å². The SMILES string of the molecule is O=C1NCC2(CC2(F)F)c2c(Br)cc(CCl)cc21. The first-order valence-electron chi connectivity index (χ1n) is 5.46. The van der Waals surface area contributed by atoms with Crippen molar-refractivity contribution < 1.29 is 13.6 Å². The van der Waals surface area contributed by atoms with Crippen LogP contribution in [-0.4, -0.2) is 18.4 Å². The molecule has 1 aliphatic heterocycles. The molecule has 0 bridgehead atoms. The first-order valence-corrected chi connectivity index (χ1v) is 6.79. The van der Waals surface area contributed by atoms with E-state index >= 15 is 0 Å². The molecular weight excluding hydrogens is 327 g/mol. The van der Waals surface area contributed by atoms with Gasteiger partial charge in [-0.25, -0.2) is 8.78 Å². The summed E-state index contributed by atoms with van der Waals surface area (Å²) >= 11 is 9.03. The van der Waals surface area contributed by atoms with Crippen molar-refractivity contribution in [3.05, 3.63) is 33.3 Å². The van der Waals surface area contributed by atoms with E-state index in [9.17, 15) is 13.6 Å². The summed E-state index contributed by atoms with van der Waals surface area (Å²) < 4.78 is 27.8. The van der Waals surface area contributed by atoms with Crippen molar-refractivity contribution in [2.24, 2.45) is 0 Å². The van der Waals surface area contributed by atoms with Crippen molar-refractivity contribution in [1.82, 2.24) is 5.32 Å². The average molecular weight is 337 g/mol. The molecule has 1 unspecified atom stereocenters. The fraction of sp³-hybridized carbons (Fsp3) is 0.417. The van der Waals surface area contributed by atoms with Crippen LogP contribution in [0.25, 0.3) is 0 Å². The summed E-state index contributed by atoms with van der Waals surface area (Å²) in [5, 5.41) is 2.54. The van der Waals surface area contributed by atoms with E-state index in [0.29, 0.717) is 15.6 Å². The number of benzene rings is 1. The summed E-state index contributed by atoms with van der Waals surface area (Å²) in [4.78, 5) is 11.8. The van der Waals surface area contributed by atoms with Crippen molar-refractivity contribution in [1.29, 1.82) is 0 Å². The number of nitrogens with one attached hydrogen (secondary N) is 1. The van der Waals surface area contributed by atoms with Gasteiger partial charge in [0.2, 0.25) is 0 Å². The van der Waals surface area contributed by atoms with Gasteiger partial charge in [0.05, 0.1) is 5.41 Å². The number of halogens is 4. The highest BCUT2D eigenvalue weighted by Gasteiger charge is 2.74. The highest BCUT2D eigenvalue weighted by molar-refractivity contribution is 9.10. The van der Waals surface area contributed by atoms with Gasteiger partial charge in [-0.2, -0.15) is 0 Å². The molecule has 1 aromatic rings. The molecule has 1 atom stereocenters. The van der Waals surface area contributed by atoms with Crippen LogP contribution in [0.3, 0.4) is 0 Å². The van der Waals surface area contributed by atoms with Crippen LogP contribution in [0.2, 0.25) is 0 Å². The lowest BCUT2D eigenvalue weighted by Gasteiger charge is -2.27. The minimum Gasteiger partial charge on any atom is -0.351 e. The zero-order chi connectivity index (χ0) is 13.1. The maximum Gasteiger partial charge on any atom is 0.260 e. The van der Waals surface area contributed by atoms with Gasteiger partial charge in [-0.3, -0.25) is 4.79 Å². The summed E-state index contributed by atoms with van der Waals surface area (Å²) in [6.45, 7) is -0.00927. The molecule has 0 aromatic heterocycles. The molecule has 0 radical (unpaired) electrons. The highest BCUT2D eigenvalue weighted by atomic mass is 79.9. The molecule has 2 aliphatic rings. The monoisotopic (exact) mass is 335 g/mol. The number of hydrogen-bond donors (Lipinski definition) is 1. The molecular formula is C12H9BrClF2NO. The number of carbonyl (C=O) groups is 1. The highest BCUT2D eigenvalue weighted by Crippen LogP contribution is 2.64. The van der Waals surface area contributed by atoms with Crippen LogP contribution >= 0.6 is 27.5 Å². The van der Waals surface area contributed by atoms with E-state index in [1.165, 1.54) is 0 Å². The van der Waals surface area contributed by atoms with E-state index in [2.05, 4.69) is 21.2 Å². The zero-order valence-electron chi connectivity index (χ0n) is 9.20. The fourth-order valence-electron chi connectivity index (χ4n) is 2.62. The second-order valence-electron chi connectivity index (χ2n) is 4.78. The Morgan fingerprint density at radius 1 is 1.44 bits per heavy atom. The van der Waals surface area contributed by atoms with Crippen LogP contribution in [0.15, 0.2) is 16.6 Å². The minimum atomic E-state index is -2.75. The van der Waals surface area contributed by atoms with Crippen molar-refractivity contribution in [2.75, 3.05) is 6.54 Å². The minimum absolute atomic E-state index is 0.00927. The first kappa shape index (κ1) is 12.4. The molecule has 1 aliphatic carbocycles. The van der Waals surface area contributed by atoms with E-state index in [4.69, 9.17) is 11.6 Å². The fourth-order valence-corrected chi connectivity index (χ4v) is 3.66. The second-order valence-corrected chi connectivity index (χ2v) is 5.90. The Morgan fingerprint density at radius 3 is 2.67 bits per heavy atom. The second kappa shape index (κ2) is 3.67. The summed E-state index contributed by atoms with van der Waals surface area (Å²) in [6.07, 6.45) is -0.216. The molecule has 1 fully saturated rings. The van der Waals surface area contributed by atoms with Crippen molar-refractivity contribution >= 4 is 33.4 Å². The average Bonchev–Trinajstić information content (AvgIpc) is 2.86. The van der Waals surface area contributed by atoms with Crippen LogP contribution in [0.1, 0.15) is 27.9 Å². The maximum atomic E-state index is 13.6. The topological polar surface area (TPSA) is 29.1 Å². The molecule has 2 nitrogen and oxygen atoms in total. The van der Waals surface area contributed by atoms with Crippen LogP contribution in [-0.2, 0) is 11.3 Å². The van der Waals surface area contributed by atoms with E-state index < -0.39 is 11.3 Å². The summed E-state index contributed by atoms with van der Waals surface area (Å²) in [5.74, 6) is -2.82. The van der Waals surface area contributed by atoms with Crippen molar-refractivity contribution in [2.45, 2.75) is 23.6 Å². The molecule has 1 N–H and O–H groups in total. The lowest BCUT2D eigenvalue weighted by Crippen LogP contribution is -2.42. The predicted molar refractivity (Wildman–Crippen MR) is 67.3 cm³/mol. The van der Waals surface area contributed by atoms with Crippen molar-refractivity contribution in [3.8, 4) is 0 Å². The molecule has 6 heteroatoms. The maximum absolute atomic E-state index is 13.6. The van der Waals surface area contributed by atoms with Crippen LogP contribution in [0, 0.1) is 0 Å². The van der Waals surface area contributed by atoms with Gasteiger partial charge in [0.15, 0.2) is 0 Å². The lowest BCUT2D eigenvalue weighted by molar-refractivity contribution is 0.0780. The lowest BCUT2D eigenvalue weighted by atomic mass is 9.86. The van der Waals surface area contributed by atoms with Crippen LogP contribution < -0.4 is 5.32 Å². The van der Waals surface area contributed by atoms with E-state index in [1.54, 1.807) is 12.1 Å². The Balaban J connectivity index is 2.23. The number of hydrogen-bond acceptors (Lipinski definition) is 1. The molecule has 18 heavy (non-hydrogen) atoms. The molecule has 1 saturated carbocycles. The summed E-state index contributed by atoms with van der Waals surface area (Å²) in [7, 11) is 0. The molecule has 96 valence electrons. The predicted octanol–water partition coefficient (Wildman–Crippen LogP) is 3.21. The van der Waals surface area contributed by atoms with Crippen LogP contribution in [0.4, 0.5) is 8.78 Å². The number of rotatable bonds is 1. The van der Waals surface area contributed by atoms with Crippen molar-refractivity contribution in [3.63, 3.8) is 0 Å². The zero-order valence-corrected chi connectivity index (χ0v) is 11.5. The molecule has 3 rings (SSSR count). The Morgan fingerprint density at radius 2 is 2.11 bits per heavy atom. The quantitative estimate of drug-likeness (QED) is 0.784. The smallest absolute Gasteiger partial charge is 0.260 e. The number of alkyl halides is 3. The normalized spacial score (nSPS) is 27.9. The van der Waals surface area contributed by atoms with Gasteiger partial charge in [0.1, 0.15) is 0 Å². The van der Waals surface area contributed by atoms with Gasteiger partial charge in [0.25, 0.3) is 11.8 Å². The number of fused-ring (bicyclic) bond motifs is 2. The Labute approximate surface area is 116 Å². The summed E-state index contributed by atoms with van der Waals surface area (Å²) in [5.41, 5.74) is 0.229. The van der Waals surface area contributed by atoms with Gasteiger partial charge < -0.3 is 5.32 Å². The third-order valence-corrected chi connectivity index (χ3v) is 4.61. The Bertz CT molecular complexity index is 563. The molecule has 1 amide bonds. The Hall–Kier alpha value is -0.680. The third-order valence-electron chi connectivity index (χ3n) is 3.68. The van der Waals surface area contributed by atoms with Crippen LogP contribution in [0.5, 0.6) is 0 Å². The standard InChI is InChI=1S/C12H9BrClF2NO/c13-8-2-6(3-14)1-7-9(8)11(4-12(11,15)16)5-17-10(7)18/h1-2H,3-5H2,(H,17,18). The number of amides is 1. The van der Waals surface area contributed by atoms with Gasteiger partial charge >= 0.3 is 0 Å². The molecule has 0 saturated heterocycles. The van der Waals surface area contributed by atoms with E-state index in [1.807, 2.05) is 0 Å². The third kappa shape index (κ3) is 1.46.